The number of hydrogen-bond acceptors (Lipinski definition) is 3. The predicted octanol–water partition coefficient (Wildman–Crippen LogP) is 2.66. The molecule has 1 atom stereocenters. The zero-order chi connectivity index (χ0) is 14.9. The molecule has 21 heavy (non-hydrogen) atoms. The first-order valence-corrected chi connectivity index (χ1v) is 8.33. The summed E-state index contributed by atoms with van der Waals surface area (Å²) in [6.07, 6.45) is 1.68. The van der Waals surface area contributed by atoms with Crippen LogP contribution in [0, 0.1) is 0 Å². The van der Waals surface area contributed by atoms with Gasteiger partial charge in [-0.25, -0.2) is 13.1 Å². The monoisotopic (exact) mass is 303 g/mol. The van der Waals surface area contributed by atoms with Crippen LogP contribution in [0.1, 0.15) is 23.6 Å². The van der Waals surface area contributed by atoms with E-state index in [1.807, 2.05) is 24.3 Å². The van der Waals surface area contributed by atoms with Crippen molar-refractivity contribution in [2.75, 3.05) is 7.11 Å². The summed E-state index contributed by atoms with van der Waals surface area (Å²) in [5, 5.41) is 0. The van der Waals surface area contributed by atoms with Crippen molar-refractivity contribution >= 4 is 10.0 Å². The largest absolute Gasteiger partial charge is 0.495 e. The third-order valence-electron chi connectivity index (χ3n) is 3.79. The summed E-state index contributed by atoms with van der Waals surface area (Å²) in [6, 6.07) is 14.4. The van der Waals surface area contributed by atoms with E-state index >= 15 is 0 Å². The summed E-state index contributed by atoms with van der Waals surface area (Å²) in [5.74, 6) is 0.358. The standard InChI is InChI=1S/C16H17NO3S/c1-20-15-8-4-5-9-16(15)21(18,19)17-14-11-10-12-6-2-3-7-13(12)14/h2-9,14,17H,10-11H2,1H3. The highest BCUT2D eigenvalue weighted by Gasteiger charge is 2.28. The quantitative estimate of drug-likeness (QED) is 0.944. The first-order valence-electron chi connectivity index (χ1n) is 6.85. The van der Waals surface area contributed by atoms with Gasteiger partial charge in [-0.05, 0) is 36.1 Å². The van der Waals surface area contributed by atoms with Gasteiger partial charge in [-0.3, -0.25) is 0 Å². The van der Waals surface area contributed by atoms with Crippen LogP contribution in [-0.2, 0) is 16.4 Å². The molecule has 0 radical (unpaired) electrons. The number of sulfonamides is 1. The molecule has 1 aliphatic rings. The Morgan fingerprint density at radius 2 is 1.81 bits per heavy atom. The van der Waals surface area contributed by atoms with Crippen LogP contribution < -0.4 is 9.46 Å². The van der Waals surface area contributed by atoms with Crippen molar-refractivity contribution < 1.29 is 13.2 Å². The highest BCUT2D eigenvalue weighted by Crippen LogP contribution is 2.33. The summed E-state index contributed by atoms with van der Waals surface area (Å²) in [6.45, 7) is 0. The maximum atomic E-state index is 12.6. The lowest BCUT2D eigenvalue weighted by molar-refractivity contribution is 0.402. The molecule has 0 spiro atoms. The third kappa shape index (κ3) is 2.66. The van der Waals surface area contributed by atoms with Crippen LogP contribution in [0.25, 0.3) is 0 Å². The van der Waals surface area contributed by atoms with E-state index in [1.165, 1.54) is 12.7 Å². The molecule has 1 aliphatic carbocycles. The molecular weight excluding hydrogens is 286 g/mol. The average Bonchev–Trinajstić information content (AvgIpc) is 2.90. The topological polar surface area (TPSA) is 55.4 Å². The van der Waals surface area contributed by atoms with E-state index in [4.69, 9.17) is 4.74 Å². The minimum Gasteiger partial charge on any atom is -0.495 e. The number of fused-ring (bicyclic) bond motifs is 1. The van der Waals surface area contributed by atoms with Gasteiger partial charge in [0.25, 0.3) is 0 Å². The van der Waals surface area contributed by atoms with E-state index in [0.29, 0.717) is 5.75 Å². The van der Waals surface area contributed by atoms with Crippen molar-refractivity contribution in [3.8, 4) is 5.75 Å². The molecule has 0 aliphatic heterocycles. The fourth-order valence-corrected chi connectivity index (χ4v) is 4.19. The Kier molecular flexibility index (Phi) is 3.69. The molecule has 0 aromatic heterocycles. The second-order valence-corrected chi connectivity index (χ2v) is 6.74. The maximum Gasteiger partial charge on any atom is 0.244 e. The summed E-state index contributed by atoms with van der Waals surface area (Å²) >= 11 is 0. The smallest absolute Gasteiger partial charge is 0.244 e. The average molecular weight is 303 g/mol. The van der Waals surface area contributed by atoms with Gasteiger partial charge in [-0.1, -0.05) is 36.4 Å². The van der Waals surface area contributed by atoms with E-state index in [1.54, 1.807) is 24.3 Å². The van der Waals surface area contributed by atoms with Crippen LogP contribution in [0.4, 0.5) is 0 Å². The van der Waals surface area contributed by atoms with Gasteiger partial charge in [-0.2, -0.15) is 0 Å². The SMILES string of the molecule is COc1ccccc1S(=O)(=O)NC1CCc2ccccc21. The molecule has 4 nitrogen and oxygen atoms in total. The van der Waals surface area contributed by atoms with Gasteiger partial charge in [0.1, 0.15) is 10.6 Å². The van der Waals surface area contributed by atoms with Gasteiger partial charge >= 0.3 is 0 Å². The van der Waals surface area contributed by atoms with Gasteiger partial charge in [-0.15, -0.1) is 0 Å². The lowest BCUT2D eigenvalue weighted by atomic mass is 10.1. The van der Waals surface area contributed by atoms with Gasteiger partial charge < -0.3 is 4.74 Å². The lowest BCUT2D eigenvalue weighted by Gasteiger charge is -2.16. The number of hydrogen-bond donors (Lipinski definition) is 1. The first kappa shape index (κ1) is 14.1. The molecule has 5 heteroatoms. The van der Waals surface area contributed by atoms with Crippen molar-refractivity contribution in [2.45, 2.75) is 23.8 Å². The zero-order valence-corrected chi connectivity index (χ0v) is 12.6. The summed E-state index contributed by atoms with van der Waals surface area (Å²) < 4.78 is 33.1. The molecular formula is C16H17NO3S. The van der Waals surface area contributed by atoms with Crippen molar-refractivity contribution in [2.24, 2.45) is 0 Å². The third-order valence-corrected chi connectivity index (χ3v) is 5.30. The summed E-state index contributed by atoms with van der Waals surface area (Å²) in [5.41, 5.74) is 2.28. The molecule has 0 heterocycles. The fraction of sp³-hybridized carbons (Fsp3) is 0.250. The van der Waals surface area contributed by atoms with Gasteiger partial charge in [0.15, 0.2) is 0 Å². The van der Waals surface area contributed by atoms with Crippen LogP contribution >= 0.6 is 0 Å². The minimum atomic E-state index is -3.60. The normalized spacial score (nSPS) is 17.5. The van der Waals surface area contributed by atoms with Crippen molar-refractivity contribution in [1.29, 1.82) is 0 Å². The zero-order valence-electron chi connectivity index (χ0n) is 11.7. The molecule has 1 unspecified atom stereocenters. The van der Waals surface area contributed by atoms with Crippen LogP contribution in [0.2, 0.25) is 0 Å². The molecule has 0 saturated heterocycles. The summed E-state index contributed by atoms with van der Waals surface area (Å²) in [4.78, 5) is 0.178. The summed E-state index contributed by atoms with van der Waals surface area (Å²) in [7, 11) is -2.13. The number of benzene rings is 2. The second-order valence-electron chi connectivity index (χ2n) is 5.06. The maximum absolute atomic E-state index is 12.6. The number of rotatable bonds is 4. The van der Waals surface area contributed by atoms with E-state index in [2.05, 4.69) is 4.72 Å². The Morgan fingerprint density at radius 3 is 2.62 bits per heavy atom. The van der Waals surface area contributed by atoms with Crippen molar-refractivity contribution in [3.05, 3.63) is 59.7 Å². The predicted molar refractivity (Wildman–Crippen MR) is 80.8 cm³/mol. The minimum absolute atomic E-state index is 0.170. The van der Waals surface area contributed by atoms with E-state index in [0.717, 1.165) is 18.4 Å². The Morgan fingerprint density at radius 1 is 1.10 bits per heavy atom. The van der Waals surface area contributed by atoms with E-state index < -0.39 is 10.0 Å². The molecule has 2 aromatic carbocycles. The molecule has 2 aromatic rings. The van der Waals surface area contributed by atoms with Crippen LogP contribution in [0.15, 0.2) is 53.4 Å². The first-order chi connectivity index (χ1) is 10.1. The highest BCUT2D eigenvalue weighted by molar-refractivity contribution is 7.89. The molecule has 3 rings (SSSR count). The number of aryl methyl sites for hydroxylation is 1. The van der Waals surface area contributed by atoms with Crippen LogP contribution in [-0.4, -0.2) is 15.5 Å². The van der Waals surface area contributed by atoms with E-state index in [-0.39, 0.29) is 10.9 Å². The van der Waals surface area contributed by atoms with Crippen molar-refractivity contribution in [1.82, 2.24) is 4.72 Å². The van der Waals surface area contributed by atoms with Gasteiger partial charge in [0, 0.05) is 6.04 Å². The Balaban J connectivity index is 1.91. The lowest BCUT2D eigenvalue weighted by Crippen LogP contribution is -2.27. The Bertz CT molecular complexity index is 756. The number of para-hydroxylation sites is 1. The van der Waals surface area contributed by atoms with Gasteiger partial charge in [0.2, 0.25) is 10.0 Å². The van der Waals surface area contributed by atoms with Gasteiger partial charge in [0.05, 0.1) is 7.11 Å². The Labute approximate surface area is 124 Å². The molecule has 1 N–H and O–H groups in total. The molecule has 0 saturated carbocycles. The van der Waals surface area contributed by atoms with Crippen molar-refractivity contribution in [3.63, 3.8) is 0 Å². The number of ether oxygens (including phenoxy) is 1. The second kappa shape index (κ2) is 5.50. The Hall–Kier alpha value is -1.85. The number of nitrogens with one attached hydrogen (secondary N) is 1. The number of methoxy groups -OCH3 is 1. The van der Waals surface area contributed by atoms with Crippen LogP contribution in [0.5, 0.6) is 5.75 Å². The fourth-order valence-electron chi connectivity index (χ4n) is 2.77. The molecule has 0 bridgehead atoms. The molecule has 0 fully saturated rings. The van der Waals surface area contributed by atoms with E-state index in [9.17, 15) is 8.42 Å². The molecule has 0 amide bonds. The highest BCUT2D eigenvalue weighted by atomic mass is 32.2. The van der Waals surface area contributed by atoms with Crippen LogP contribution in [0.3, 0.4) is 0 Å². The molecule has 110 valence electrons.